The molecule has 1 fully saturated rings. The van der Waals surface area contributed by atoms with Gasteiger partial charge in [0.1, 0.15) is 4.88 Å². The van der Waals surface area contributed by atoms with Crippen molar-refractivity contribution in [3.05, 3.63) is 50.9 Å². The number of fused-ring (bicyclic) bond motifs is 1. The first kappa shape index (κ1) is 21.8. The van der Waals surface area contributed by atoms with E-state index in [1.54, 1.807) is 16.0 Å². The lowest BCUT2D eigenvalue weighted by Gasteiger charge is -2.33. The number of piperidine rings is 1. The van der Waals surface area contributed by atoms with Gasteiger partial charge in [-0.3, -0.25) is 4.79 Å². The van der Waals surface area contributed by atoms with Gasteiger partial charge in [0.15, 0.2) is 5.82 Å². The second kappa shape index (κ2) is 9.39. The molecule has 0 saturated carbocycles. The van der Waals surface area contributed by atoms with Gasteiger partial charge in [-0.05, 0) is 43.3 Å². The Morgan fingerprint density at radius 2 is 1.97 bits per heavy atom. The number of hydrogen-bond donors (Lipinski definition) is 2. The van der Waals surface area contributed by atoms with E-state index in [1.165, 1.54) is 18.4 Å². The lowest BCUT2D eigenvalue weighted by Crippen LogP contribution is -2.47. The Hall–Kier alpha value is -3.40. The smallest absolute Gasteiger partial charge is 0.350 e. The molecule has 1 aliphatic rings. The quantitative estimate of drug-likeness (QED) is 0.573. The van der Waals surface area contributed by atoms with Gasteiger partial charge in [-0.15, -0.1) is 11.3 Å². The number of esters is 1. The average molecular weight is 456 g/mol. The second-order valence-corrected chi connectivity index (χ2v) is 8.40. The number of rotatable bonds is 5. The van der Waals surface area contributed by atoms with Crippen LogP contribution in [-0.2, 0) is 11.3 Å². The Kier molecular flexibility index (Phi) is 6.40. The van der Waals surface area contributed by atoms with Crippen LogP contribution in [0.25, 0.3) is 11.0 Å². The summed E-state index contributed by atoms with van der Waals surface area (Å²) >= 11 is 1.21. The number of urea groups is 1. The van der Waals surface area contributed by atoms with Crippen LogP contribution in [0.2, 0.25) is 0 Å². The highest BCUT2D eigenvalue weighted by atomic mass is 32.1. The molecule has 1 saturated heterocycles. The van der Waals surface area contributed by atoms with Crippen molar-refractivity contribution < 1.29 is 14.3 Å². The maximum atomic E-state index is 13.0. The fraction of sp³-hybridized carbons (Fsp3) is 0.364. The normalized spacial score (nSPS) is 14.4. The Labute approximate surface area is 189 Å². The molecule has 1 aromatic carbocycles. The van der Waals surface area contributed by atoms with Crippen LogP contribution in [0.4, 0.5) is 16.3 Å². The number of nitrogens with one attached hydrogen (secondary N) is 2. The molecule has 3 heterocycles. The molecule has 2 aromatic heterocycles. The van der Waals surface area contributed by atoms with E-state index in [1.807, 2.05) is 36.1 Å². The van der Waals surface area contributed by atoms with Crippen molar-refractivity contribution in [1.82, 2.24) is 14.9 Å². The molecule has 2 N–H and O–H groups in total. The van der Waals surface area contributed by atoms with Crippen LogP contribution in [0, 0.1) is 0 Å². The van der Waals surface area contributed by atoms with E-state index in [4.69, 9.17) is 4.74 Å². The molecule has 3 aromatic rings. The molecule has 1 aliphatic heterocycles. The molecule has 0 spiro atoms. The topological polar surface area (TPSA) is 106 Å². The number of carbonyl (C=O) groups is 2. The monoisotopic (exact) mass is 455 g/mol. The summed E-state index contributed by atoms with van der Waals surface area (Å²) in [6.45, 7) is 3.75. The SMILES string of the molecule is CCn1c(=O)c(N2CCC(NC(=O)Nc3ccsc3C(=O)OC)CC2)nc2ccccc21. The van der Waals surface area contributed by atoms with E-state index < -0.39 is 5.97 Å². The lowest BCUT2D eigenvalue weighted by molar-refractivity contribution is 0.0607. The fourth-order valence-electron chi connectivity index (χ4n) is 3.94. The van der Waals surface area contributed by atoms with E-state index in [2.05, 4.69) is 15.6 Å². The Morgan fingerprint density at radius 3 is 2.69 bits per heavy atom. The molecular formula is C22H25N5O4S. The van der Waals surface area contributed by atoms with Crippen LogP contribution in [-0.4, -0.2) is 47.8 Å². The van der Waals surface area contributed by atoms with Crippen LogP contribution in [0.5, 0.6) is 0 Å². The predicted octanol–water partition coefficient (Wildman–Crippen LogP) is 3.06. The number of methoxy groups -OCH3 is 1. The highest BCUT2D eigenvalue weighted by Crippen LogP contribution is 2.23. The van der Waals surface area contributed by atoms with Crippen LogP contribution in [0.15, 0.2) is 40.5 Å². The van der Waals surface area contributed by atoms with Gasteiger partial charge in [-0.2, -0.15) is 0 Å². The number of aromatic nitrogens is 2. The summed E-state index contributed by atoms with van der Waals surface area (Å²) in [5.41, 5.74) is 1.96. The number of nitrogens with zero attached hydrogens (tertiary/aromatic N) is 3. The minimum Gasteiger partial charge on any atom is -0.465 e. The number of amides is 2. The number of para-hydroxylation sites is 2. The molecule has 0 unspecified atom stereocenters. The maximum absolute atomic E-state index is 13.0. The molecule has 32 heavy (non-hydrogen) atoms. The van der Waals surface area contributed by atoms with Gasteiger partial charge in [0.2, 0.25) is 0 Å². The zero-order valence-electron chi connectivity index (χ0n) is 18.0. The minimum absolute atomic E-state index is 0.0414. The number of hydrogen-bond acceptors (Lipinski definition) is 7. The van der Waals surface area contributed by atoms with Crippen molar-refractivity contribution in [3.63, 3.8) is 0 Å². The standard InChI is InChI=1S/C22H25N5O4S/c1-3-27-17-7-5-4-6-15(17)24-19(20(27)28)26-11-8-14(9-12-26)23-22(30)25-16-10-13-32-18(16)21(29)31-2/h4-7,10,13-14H,3,8-9,11-12H2,1-2H3,(H2,23,25,30). The number of carbonyl (C=O) groups excluding carboxylic acids is 2. The molecule has 2 amide bonds. The molecule has 10 heteroatoms. The Balaban J connectivity index is 1.40. The van der Waals surface area contributed by atoms with E-state index in [0.717, 1.165) is 11.0 Å². The van der Waals surface area contributed by atoms with E-state index >= 15 is 0 Å². The number of anilines is 2. The van der Waals surface area contributed by atoms with Gasteiger partial charge < -0.3 is 24.8 Å². The molecule has 0 bridgehead atoms. The van der Waals surface area contributed by atoms with Gasteiger partial charge in [-0.25, -0.2) is 14.6 Å². The summed E-state index contributed by atoms with van der Waals surface area (Å²) < 4.78 is 6.48. The van der Waals surface area contributed by atoms with Gasteiger partial charge in [0.05, 0.1) is 23.8 Å². The fourth-order valence-corrected chi connectivity index (χ4v) is 4.70. The largest absolute Gasteiger partial charge is 0.465 e. The molecular weight excluding hydrogens is 430 g/mol. The summed E-state index contributed by atoms with van der Waals surface area (Å²) in [5, 5.41) is 7.39. The zero-order valence-corrected chi connectivity index (χ0v) is 18.8. The first-order valence-electron chi connectivity index (χ1n) is 10.5. The average Bonchev–Trinajstić information content (AvgIpc) is 3.26. The number of thiophene rings is 1. The summed E-state index contributed by atoms with van der Waals surface area (Å²) in [7, 11) is 1.30. The number of aryl methyl sites for hydroxylation is 1. The van der Waals surface area contributed by atoms with Crippen LogP contribution in [0.1, 0.15) is 29.4 Å². The van der Waals surface area contributed by atoms with Gasteiger partial charge in [0.25, 0.3) is 5.56 Å². The van der Waals surface area contributed by atoms with Crippen molar-refractivity contribution in [2.75, 3.05) is 30.4 Å². The summed E-state index contributed by atoms with van der Waals surface area (Å²) in [6, 6.07) is 8.90. The Morgan fingerprint density at radius 1 is 1.22 bits per heavy atom. The van der Waals surface area contributed by atoms with Crippen molar-refractivity contribution >= 4 is 45.9 Å². The van der Waals surface area contributed by atoms with Crippen molar-refractivity contribution in [2.24, 2.45) is 0 Å². The maximum Gasteiger partial charge on any atom is 0.350 e. The summed E-state index contributed by atoms with van der Waals surface area (Å²) in [4.78, 5) is 44.2. The number of benzene rings is 1. The number of ether oxygens (including phenoxy) is 1. The summed E-state index contributed by atoms with van der Waals surface area (Å²) in [5.74, 6) is -0.0290. The van der Waals surface area contributed by atoms with E-state index in [0.29, 0.717) is 48.9 Å². The molecule has 9 nitrogen and oxygen atoms in total. The molecule has 0 atom stereocenters. The van der Waals surface area contributed by atoms with Crippen molar-refractivity contribution in [1.29, 1.82) is 0 Å². The highest BCUT2D eigenvalue weighted by Gasteiger charge is 2.25. The van der Waals surface area contributed by atoms with Crippen molar-refractivity contribution in [3.8, 4) is 0 Å². The van der Waals surface area contributed by atoms with E-state index in [9.17, 15) is 14.4 Å². The summed E-state index contributed by atoms with van der Waals surface area (Å²) in [6.07, 6.45) is 1.36. The van der Waals surface area contributed by atoms with Crippen LogP contribution < -0.4 is 21.1 Å². The van der Waals surface area contributed by atoms with Crippen LogP contribution >= 0.6 is 11.3 Å². The third-order valence-electron chi connectivity index (χ3n) is 5.57. The first-order chi connectivity index (χ1) is 15.5. The third kappa shape index (κ3) is 4.31. The van der Waals surface area contributed by atoms with Gasteiger partial charge in [0, 0.05) is 25.7 Å². The van der Waals surface area contributed by atoms with Gasteiger partial charge >= 0.3 is 12.0 Å². The Bertz CT molecular complexity index is 1200. The molecule has 0 radical (unpaired) electrons. The van der Waals surface area contributed by atoms with E-state index in [-0.39, 0.29) is 17.6 Å². The molecule has 4 rings (SSSR count). The third-order valence-corrected chi connectivity index (χ3v) is 6.46. The molecule has 0 aliphatic carbocycles. The molecule has 168 valence electrons. The van der Waals surface area contributed by atoms with Gasteiger partial charge in [-0.1, -0.05) is 12.1 Å². The lowest BCUT2D eigenvalue weighted by atomic mass is 10.1. The van der Waals surface area contributed by atoms with Crippen molar-refractivity contribution in [2.45, 2.75) is 32.4 Å². The predicted molar refractivity (Wildman–Crippen MR) is 125 cm³/mol. The zero-order chi connectivity index (χ0) is 22.7. The second-order valence-electron chi connectivity index (χ2n) is 7.49. The highest BCUT2D eigenvalue weighted by molar-refractivity contribution is 7.12. The minimum atomic E-state index is -0.482. The van der Waals surface area contributed by atoms with Crippen LogP contribution in [0.3, 0.4) is 0 Å². The first-order valence-corrected chi connectivity index (χ1v) is 11.4.